The van der Waals surface area contributed by atoms with E-state index in [0.717, 1.165) is 23.6 Å². The number of aryl methyl sites for hydroxylation is 2. The molecule has 2 heterocycles. The van der Waals surface area contributed by atoms with Crippen LogP contribution in [0.15, 0.2) is 0 Å². The van der Waals surface area contributed by atoms with Crippen LogP contribution in [0.5, 0.6) is 0 Å². The molecule has 1 aliphatic heterocycles. The summed E-state index contributed by atoms with van der Waals surface area (Å²) in [7, 11) is 1.88. The standard InChI is InChI=1S/C13H22N4O/c1-8-10-11(17(5)16-8)14-7-9(12(18)15-10)6-13(2,3)4/h9,14H,6-7H2,1-5H3,(H,15,18). The first kappa shape index (κ1) is 12.9. The van der Waals surface area contributed by atoms with Gasteiger partial charge in [0.15, 0.2) is 0 Å². The fraction of sp³-hybridized carbons (Fsp3) is 0.692. The predicted molar refractivity (Wildman–Crippen MR) is 72.6 cm³/mol. The Labute approximate surface area is 108 Å². The molecule has 0 saturated heterocycles. The highest BCUT2D eigenvalue weighted by atomic mass is 16.2. The minimum Gasteiger partial charge on any atom is -0.368 e. The molecule has 1 aromatic heterocycles. The molecule has 0 fully saturated rings. The molecule has 0 aliphatic carbocycles. The molecule has 5 nitrogen and oxygen atoms in total. The zero-order valence-electron chi connectivity index (χ0n) is 11.8. The molecular weight excluding hydrogens is 228 g/mol. The predicted octanol–water partition coefficient (Wildman–Crippen LogP) is 2.14. The summed E-state index contributed by atoms with van der Waals surface area (Å²) >= 11 is 0. The van der Waals surface area contributed by atoms with E-state index in [1.165, 1.54) is 0 Å². The van der Waals surface area contributed by atoms with E-state index in [2.05, 4.69) is 36.5 Å². The van der Waals surface area contributed by atoms with Crippen molar-refractivity contribution < 1.29 is 4.79 Å². The Morgan fingerprint density at radius 1 is 1.44 bits per heavy atom. The van der Waals surface area contributed by atoms with E-state index in [-0.39, 0.29) is 17.2 Å². The van der Waals surface area contributed by atoms with Crippen LogP contribution in [-0.2, 0) is 11.8 Å². The number of anilines is 2. The lowest BCUT2D eigenvalue weighted by atomic mass is 9.84. The van der Waals surface area contributed by atoms with E-state index in [1.54, 1.807) is 4.68 Å². The molecule has 5 heteroatoms. The number of aromatic nitrogens is 2. The molecule has 2 N–H and O–H groups in total. The minimum absolute atomic E-state index is 0.00296. The molecule has 0 aromatic carbocycles. The highest BCUT2D eigenvalue weighted by molar-refractivity contribution is 5.97. The van der Waals surface area contributed by atoms with Crippen LogP contribution in [0.1, 0.15) is 32.9 Å². The number of amides is 1. The van der Waals surface area contributed by atoms with Crippen LogP contribution in [-0.4, -0.2) is 22.2 Å². The summed E-state index contributed by atoms with van der Waals surface area (Å²) in [5.41, 5.74) is 1.82. The van der Waals surface area contributed by atoms with Gasteiger partial charge in [-0.25, -0.2) is 0 Å². The normalized spacial score (nSPS) is 19.8. The molecule has 0 bridgehead atoms. The van der Waals surface area contributed by atoms with Crippen LogP contribution in [0.4, 0.5) is 11.5 Å². The van der Waals surface area contributed by atoms with Crippen LogP contribution in [0.3, 0.4) is 0 Å². The van der Waals surface area contributed by atoms with Crippen LogP contribution >= 0.6 is 0 Å². The summed E-state index contributed by atoms with van der Waals surface area (Å²) in [6.07, 6.45) is 0.867. The topological polar surface area (TPSA) is 59.0 Å². The van der Waals surface area contributed by atoms with Crippen molar-refractivity contribution in [3.8, 4) is 0 Å². The van der Waals surface area contributed by atoms with Gasteiger partial charge in [0.05, 0.1) is 11.6 Å². The van der Waals surface area contributed by atoms with Crippen molar-refractivity contribution in [1.82, 2.24) is 9.78 Å². The third-order valence-electron chi connectivity index (χ3n) is 3.22. The maximum absolute atomic E-state index is 12.2. The summed E-state index contributed by atoms with van der Waals surface area (Å²) in [6, 6.07) is 0. The first-order valence-corrected chi connectivity index (χ1v) is 6.36. The maximum atomic E-state index is 12.2. The SMILES string of the molecule is Cc1nn(C)c2c1NC(=O)C(CC(C)(C)C)CN2. The van der Waals surface area contributed by atoms with Gasteiger partial charge >= 0.3 is 0 Å². The van der Waals surface area contributed by atoms with Gasteiger partial charge in [-0.15, -0.1) is 0 Å². The highest BCUT2D eigenvalue weighted by Gasteiger charge is 2.29. The molecule has 0 spiro atoms. The van der Waals surface area contributed by atoms with Gasteiger partial charge in [-0.2, -0.15) is 5.10 Å². The monoisotopic (exact) mass is 250 g/mol. The summed E-state index contributed by atoms with van der Waals surface area (Å²) in [5, 5.41) is 10.6. The second kappa shape index (κ2) is 4.30. The second-order valence-electron chi connectivity index (χ2n) is 6.26. The van der Waals surface area contributed by atoms with Crippen LogP contribution in [0.2, 0.25) is 0 Å². The smallest absolute Gasteiger partial charge is 0.229 e. The van der Waals surface area contributed by atoms with Gasteiger partial charge < -0.3 is 10.6 Å². The molecule has 100 valence electrons. The van der Waals surface area contributed by atoms with Gasteiger partial charge in [-0.05, 0) is 18.8 Å². The Balaban J connectivity index is 2.22. The number of nitrogens with zero attached hydrogens (tertiary/aromatic N) is 2. The zero-order valence-corrected chi connectivity index (χ0v) is 11.8. The number of fused-ring (bicyclic) bond motifs is 1. The quantitative estimate of drug-likeness (QED) is 0.803. The van der Waals surface area contributed by atoms with E-state index in [4.69, 9.17) is 0 Å². The molecule has 1 aromatic rings. The van der Waals surface area contributed by atoms with Crippen molar-refractivity contribution >= 4 is 17.4 Å². The van der Waals surface area contributed by atoms with Crippen molar-refractivity contribution in [1.29, 1.82) is 0 Å². The van der Waals surface area contributed by atoms with Gasteiger partial charge in [-0.1, -0.05) is 20.8 Å². The Bertz CT molecular complexity index is 470. The maximum Gasteiger partial charge on any atom is 0.229 e. The van der Waals surface area contributed by atoms with Crippen molar-refractivity contribution in [3.63, 3.8) is 0 Å². The summed E-state index contributed by atoms with van der Waals surface area (Å²) in [4.78, 5) is 12.2. The average Bonchev–Trinajstić information content (AvgIpc) is 2.40. The zero-order chi connectivity index (χ0) is 13.5. The Kier molecular flexibility index (Phi) is 3.09. The second-order valence-corrected chi connectivity index (χ2v) is 6.26. The first-order chi connectivity index (χ1) is 8.28. The van der Waals surface area contributed by atoms with Gasteiger partial charge in [0.25, 0.3) is 0 Å². The van der Waals surface area contributed by atoms with Crippen molar-refractivity contribution in [2.75, 3.05) is 17.2 Å². The number of rotatable bonds is 1. The van der Waals surface area contributed by atoms with Crippen molar-refractivity contribution in [2.24, 2.45) is 18.4 Å². The van der Waals surface area contributed by atoms with E-state index in [9.17, 15) is 4.79 Å². The number of hydrogen-bond acceptors (Lipinski definition) is 3. The fourth-order valence-corrected chi connectivity index (χ4v) is 2.45. The van der Waals surface area contributed by atoms with E-state index in [1.807, 2.05) is 14.0 Å². The molecule has 2 rings (SSSR count). The summed E-state index contributed by atoms with van der Waals surface area (Å²) in [6.45, 7) is 9.04. The lowest BCUT2D eigenvalue weighted by Gasteiger charge is -2.23. The Morgan fingerprint density at radius 3 is 2.72 bits per heavy atom. The molecule has 1 amide bonds. The van der Waals surface area contributed by atoms with Crippen molar-refractivity contribution in [2.45, 2.75) is 34.1 Å². The first-order valence-electron chi connectivity index (χ1n) is 6.36. The Hall–Kier alpha value is -1.52. The average molecular weight is 250 g/mol. The summed E-state index contributed by atoms with van der Waals surface area (Å²) in [5.74, 6) is 0.987. The van der Waals surface area contributed by atoms with Gasteiger partial charge in [0.2, 0.25) is 5.91 Å². The summed E-state index contributed by atoms with van der Waals surface area (Å²) < 4.78 is 1.78. The van der Waals surface area contributed by atoms with E-state index < -0.39 is 0 Å². The highest BCUT2D eigenvalue weighted by Crippen LogP contribution is 2.32. The fourth-order valence-electron chi connectivity index (χ4n) is 2.45. The molecule has 1 aliphatic rings. The van der Waals surface area contributed by atoms with E-state index in [0.29, 0.717) is 6.54 Å². The third-order valence-corrected chi connectivity index (χ3v) is 3.22. The Morgan fingerprint density at radius 2 is 2.11 bits per heavy atom. The van der Waals surface area contributed by atoms with Crippen LogP contribution in [0, 0.1) is 18.3 Å². The molecule has 0 saturated carbocycles. The van der Waals surface area contributed by atoms with Crippen LogP contribution in [0.25, 0.3) is 0 Å². The molecule has 1 atom stereocenters. The third kappa shape index (κ3) is 2.49. The molecule has 0 radical (unpaired) electrons. The van der Waals surface area contributed by atoms with Gasteiger partial charge in [0.1, 0.15) is 11.5 Å². The largest absolute Gasteiger partial charge is 0.368 e. The van der Waals surface area contributed by atoms with Gasteiger partial charge in [0, 0.05) is 13.6 Å². The number of nitrogens with one attached hydrogen (secondary N) is 2. The number of carbonyl (C=O) groups is 1. The molecule has 1 unspecified atom stereocenters. The molecular formula is C13H22N4O. The lowest BCUT2D eigenvalue weighted by Crippen LogP contribution is -2.30. The van der Waals surface area contributed by atoms with Crippen LogP contribution < -0.4 is 10.6 Å². The van der Waals surface area contributed by atoms with E-state index >= 15 is 0 Å². The minimum atomic E-state index is -0.00296. The lowest BCUT2D eigenvalue weighted by molar-refractivity contribution is -0.120. The number of carbonyl (C=O) groups excluding carboxylic acids is 1. The number of hydrogen-bond donors (Lipinski definition) is 2. The van der Waals surface area contributed by atoms with Gasteiger partial charge in [-0.3, -0.25) is 9.48 Å². The van der Waals surface area contributed by atoms with Crippen molar-refractivity contribution in [3.05, 3.63) is 5.69 Å². The molecule has 18 heavy (non-hydrogen) atoms.